The van der Waals surface area contributed by atoms with Gasteiger partial charge in [-0.05, 0) is 18.9 Å². The summed E-state index contributed by atoms with van der Waals surface area (Å²) in [6.07, 6.45) is 3.36. The predicted molar refractivity (Wildman–Crippen MR) is 90.9 cm³/mol. The number of urea groups is 1. The van der Waals surface area contributed by atoms with Gasteiger partial charge in [-0.2, -0.15) is 0 Å². The van der Waals surface area contributed by atoms with E-state index >= 15 is 0 Å². The van der Waals surface area contributed by atoms with Crippen molar-refractivity contribution < 1.29 is 14.7 Å². The van der Waals surface area contributed by atoms with Crippen LogP contribution in [-0.2, 0) is 17.9 Å². The topological polar surface area (TPSA) is 94.9 Å². The Morgan fingerprint density at radius 3 is 2.60 bits per heavy atom. The summed E-state index contributed by atoms with van der Waals surface area (Å²) < 4.78 is 1.66. The number of likely N-dealkylation sites (tertiary alicyclic amines) is 1. The van der Waals surface area contributed by atoms with Gasteiger partial charge in [0.15, 0.2) is 0 Å². The summed E-state index contributed by atoms with van der Waals surface area (Å²) in [7, 11) is 0. The summed E-state index contributed by atoms with van der Waals surface area (Å²) in [5.74, 6) is -0.279. The van der Waals surface area contributed by atoms with E-state index in [0.29, 0.717) is 18.7 Å². The number of aromatic nitrogens is 1. The highest BCUT2D eigenvalue weighted by molar-refractivity contribution is 5.96. The van der Waals surface area contributed by atoms with Crippen LogP contribution in [0.15, 0.2) is 23.1 Å². The maximum Gasteiger partial charge on any atom is 0.324 e. The normalized spacial score (nSPS) is 20.0. The van der Waals surface area contributed by atoms with Crippen LogP contribution in [0, 0.1) is 0 Å². The molecule has 0 aromatic carbocycles. The molecule has 3 rings (SSSR count). The van der Waals surface area contributed by atoms with Crippen molar-refractivity contribution in [3.05, 3.63) is 34.2 Å². The number of aliphatic hydroxyl groups is 1. The molecule has 0 saturated carbocycles. The Kier molecular flexibility index (Phi) is 5.50. The van der Waals surface area contributed by atoms with Crippen LogP contribution in [0.1, 0.15) is 24.8 Å². The van der Waals surface area contributed by atoms with Gasteiger partial charge >= 0.3 is 6.03 Å². The number of aliphatic hydroxyl groups excluding tert-OH is 1. The van der Waals surface area contributed by atoms with E-state index in [2.05, 4.69) is 10.2 Å². The Bertz CT molecular complexity index is 694. The summed E-state index contributed by atoms with van der Waals surface area (Å²) in [4.78, 5) is 39.4. The molecule has 0 radical (unpaired) electrons. The highest BCUT2D eigenvalue weighted by Gasteiger charge is 2.23. The zero-order valence-electron chi connectivity index (χ0n) is 14.2. The van der Waals surface area contributed by atoms with Gasteiger partial charge in [0, 0.05) is 50.9 Å². The van der Waals surface area contributed by atoms with E-state index in [-0.39, 0.29) is 30.5 Å². The van der Waals surface area contributed by atoms with Crippen molar-refractivity contribution in [2.75, 3.05) is 26.2 Å². The van der Waals surface area contributed by atoms with Crippen LogP contribution in [0.25, 0.3) is 0 Å². The molecule has 3 heterocycles. The van der Waals surface area contributed by atoms with E-state index in [1.165, 1.54) is 4.90 Å². The zero-order valence-corrected chi connectivity index (χ0v) is 14.2. The van der Waals surface area contributed by atoms with E-state index in [1.54, 1.807) is 16.8 Å². The quantitative estimate of drug-likeness (QED) is 0.765. The minimum absolute atomic E-state index is 0.107. The number of nitrogens with one attached hydrogen (secondary N) is 1. The van der Waals surface area contributed by atoms with Gasteiger partial charge in [-0.1, -0.05) is 6.07 Å². The van der Waals surface area contributed by atoms with Crippen molar-refractivity contribution in [3.63, 3.8) is 0 Å². The predicted octanol–water partition coefficient (Wildman–Crippen LogP) is -0.253. The average Bonchev–Trinajstić information content (AvgIpc) is 2.59. The number of nitrogens with zero attached hydrogens (tertiary/aromatic N) is 3. The van der Waals surface area contributed by atoms with Crippen molar-refractivity contribution in [3.8, 4) is 0 Å². The summed E-state index contributed by atoms with van der Waals surface area (Å²) in [5, 5.41) is 11.8. The zero-order chi connectivity index (χ0) is 17.8. The van der Waals surface area contributed by atoms with Gasteiger partial charge in [-0.3, -0.25) is 14.9 Å². The van der Waals surface area contributed by atoms with Crippen LogP contribution in [0.2, 0.25) is 0 Å². The first-order valence-corrected chi connectivity index (χ1v) is 8.70. The average molecular weight is 348 g/mol. The molecule has 8 heteroatoms. The van der Waals surface area contributed by atoms with Crippen LogP contribution in [0.4, 0.5) is 4.79 Å². The molecular weight excluding hydrogens is 324 g/mol. The SMILES string of the molecule is O=C1CCN(Cc2cccn(CCN3CCC(O)CC3)c2=O)C(=O)N1. The van der Waals surface area contributed by atoms with Gasteiger partial charge in [-0.25, -0.2) is 4.79 Å². The maximum absolute atomic E-state index is 12.6. The number of carbonyl (C=O) groups excluding carboxylic acids is 2. The molecule has 25 heavy (non-hydrogen) atoms. The molecule has 0 aliphatic carbocycles. The van der Waals surface area contributed by atoms with Gasteiger partial charge in [0.1, 0.15) is 0 Å². The molecule has 0 atom stereocenters. The van der Waals surface area contributed by atoms with Gasteiger partial charge in [0.2, 0.25) is 5.91 Å². The van der Waals surface area contributed by atoms with Gasteiger partial charge in [-0.15, -0.1) is 0 Å². The van der Waals surface area contributed by atoms with Crippen molar-refractivity contribution in [1.82, 2.24) is 19.7 Å². The van der Waals surface area contributed by atoms with Crippen molar-refractivity contribution >= 4 is 11.9 Å². The van der Waals surface area contributed by atoms with Crippen LogP contribution in [0.5, 0.6) is 0 Å². The lowest BCUT2D eigenvalue weighted by Crippen LogP contribution is -2.49. The van der Waals surface area contributed by atoms with E-state index < -0.39 is 6.03 Å². The molecule has 0 spiro atoms. The minimum atomic E-state index is -0.446. The molecular formula is C17H24N4O4. The van der Waals surface area contributed by atoms with E-state index in [4.69, 9.17) is 0 Å². The molecule has 2 fully saturated rings. The Labute approximate surface area is 146 Å². The summed E-state index contributed by atoms with van der Waals surface area (Å²) in [6, 6.07) is 3.08. The first-order valence-electron chi connectivity index (χ1n) is 8.70. The first-order chi connectivity index (χ1) is 12.0. The second-order valence-electron chi connectivity index (χ2n) is 6.63. The number of pyridine rings is 1. The third-order valence-corrected chi connectivity index (χ3v) is 4.82. The van der Waals surface area contributed by atoms with Crippen LogP contribution < -0.4 is 10.9 Å². The molecule has 0 bridgehead atoms. The molecule has 1 aromatic heterocycles. The molecule has 2 aliphatic heterocycles. The highest BCUT2D eigenvalue weighted by atomic mass is 16.3. The lowest BCUT2D eigenvalue weighted by atomic mass is 10.1. The molecule has 2 saturated heterocycles. The standard InChI is InChI=1S/C17H24N4O4/c22-14-3-7-19(8-4-14)10-11-20-6-1-2-13(16(20)24)12-21-9-5-15(23)18-17(21)25/h1-2,6,14,22H,3-5,7-12H2,(H,18,23,25). The first kappa shape index (κ1) is 17.6. The van der Waals surface area contributed by atoms with Gasteiger partial charge < -0.3 is 19.5 Å². The third kappa shape index (κ3) is 4.46. The largest absolute Gasteiger partial charge is 0.393 e. The van der Waals surface area contributed by atoms with E-state index in [9.17, 15) is 19.5 Å². The summed E-state index contributed by atoms with van der Waals surface area (Å²) >= 11 is 0. The van der Waals surface area contributed by atoms with Crippen LogP contribution in [0.3, 0.4) is 0 Å². The van der Waals surface area contributed by atoms with Crippen LogP contribution >= 0.6 is 0 Å². The fraction of sp³-hybridized carbons (Fsp3) is 0.588. The number of imide groups is 1. The Morgan fingerprint density at radius 2 is 1.88 bits per heavy atom. The number of piperidine rings is 1. The number of hydrogen-bond donors (Lipinski definition) is 2. The molecule has 8 nitrogen and oxygen atoms in total. The Balaban J connectivity index is 1.61. The van der Waals surface area contributed by atoms with Crippen LogP contribution in [-0.4, -0.2) is 63.7 Å². The molecule has 2 N–H and O–H groups in total. The lowest BCUT2D eigenvalue weighted by molar-refractivity contribution is -0.121. The number of hydrogen-bond acceptors (Lipinski definition) is 5. The Morgan fingerprint density at radius 1 is 1.12 bits per heavy atom. The molecule has 0 unspecified atom stereocenters. The second-order valence-corrected chi connectivity index (χ2v) is 6.63. The molecule has 2 aliphatic rings. The highest BCUT2D eigenvalue weighted by Crippen LogP contribution is 2.10. The molecule has 1 aromatic rings. The second kappa shape index (κ2) is 7.79. The number of rotatable bonds is 5. The van der Waals surface area contributed by atoms with Crippen molar-refractivity contribution in [2.45, 2.75) is 38.5 Å². The summed E-state index contributed by atoms with van der Waals surface area (Å²) in [5.41, 5.74) is 0.435. The third-order valence-electron chi connectivity index (χ3n) is 4.82. The van der Waals surface area contributed by atoms with E-state index in [1.807, 2.05) is 6.07 Å². The molecule has 136 valence electrons. The fourth-order valence-electron chi connectivity index (χ4n) is 3.23. The lowest BCUT2D eigenvalue weighted by Gasteiger charge is -2.29. The van der Waals surface area contributed by atoms with Crippen molar-refractivity contribution in [1.29, 1.82) is 0 Å². The number of carbonyl (C=O) groups is 2. The Hall–Kier alpha value is -2.19. The monoisotopic (exact) mass is 348 g/mol. The minimum Gasteiger partial charge on any atom is -0.393 e. The van der Waals surface area contributed by atoms with E-state index in [0.717, 1.165) is 32.5 Å². The van der Waals surface area contributed by atoms with Gasteiger partial charge in [0.05, 0.1) is 12.6 Å². The maximum atomic E-state index is 12.6. The smallest absolute Gasteiger partial charge is 0.324 e. The fourth-order valence-corrected chi connectivity index (χ4v) is 3.23. The molecule has 3 amide bonds. The number of amides is 3. The summed E-state index contributed by atoms with van der Waals surface area (Å²) in [6.45, 7) is 3.56. The van der Waals surface area contributed by atoms with Crippen molar-refractivity contribution in [2.24, 2.45) is 0 Å². The van der Waals surface area contributed by atoms with Gasteiger partial charge in [0.25, 0.3) is 5.56 Å².